The van der Waals surface area contributed by atoms with E-state index >= 15 is 0 Å². The predicted octanol–water partition coefficient (Wildman–Crippen LogP) is 2.75. The van der Waals surface area contributed by atoms with Crippen LogP contribution >= 0.6 is 0 Å². The quantitative estimate of drug-likeness (QED) is 0.876. The zero-order chi connectivity index (χ0) is 12.4. The molecule has 1 aliphatic heterocycles. The third-order valence-corrected chi connectivity index (χ3v) is 4.28. The van der Waals surface area contributed by atoms with E-state index in [1.54, 1.807) is 11.1 Å². The summed E-state index contributed by atoms with van der Waals surface area (Å²) >= 11 is 0. The summed E-state index contributed by atoms with van der Waals surface area (Å²) in [6.45, 7) is 5.88. The lowest BCUT2D eigenvalue weighted by Crippen LogP contribution is -2.29. The van der Waals surface area contributed by atoms with Crippen molar-refractivity contribution in [3.05, 3.63) is 29.3 Å². The van der Waals surface area contributed by atoms with Crippen LogP contribution in [0.3, 0.4) is 0 Å². The maximum absolute atomic E-state index is 3.65. The van der Waals surface area contributed by atoms with Gasteiger partial charge in [0.05, 0.1) is 0 Å². The number of fused-ring (bicyclic) bond motifs is 1. The Morgan fingerprint density at radius 3 is 2.72 bits per heavy atom. The normalized spacial score (nSPS) is 22.5. The van der Waals surface area contributed by atoms with Crippen LogP contribution in [0.4, 0.5) is 5.69 Å². The fourth-order valence-corrected chi connectivity index (χ4v) is 3.27. The molecule has 2 heteroatoms. The van der Waals surface area contributed by atoms with Crippen LogP contribution in [0.1, 0.15) is 37.3 Å². The summed E-state index contributed by atoms with van der Waals surface area (Å²) < 4.78 is 0. The van der Waals surface area contributed by atoms with Gasteiger partial charge in [0.15, 0.2) is 0 Å². The Morgan fingerprint density at radius 2 is 1.94 bits per heavy atom. The van der Waals surface area contributed by atoms with Gasteiger partial charge in [0.25, 0.3) is 0 Å². The van der Waals surface area contributed by atoms with Gasteiger partial charge >= 0.3 is 0 Å². The smallest absolute Gasteiger partial charge is 0.0369 e. The highest BCUT2D eigenvalue weighted by Crippen LogP contribution is 2.28. The zero-order valence-corrected chi connectivity index (χ0v) is 11.4. The molecule has 0 aromatic heterocycles. The van der Waals surface area contributed by atoms with E-state index in [9.17, 15) is 0 Å². The Labute approximate surface area is 110 Å². The second-order valence-corrected chi connectivity index (χ2v) is 5.71. The van der Waals surface area contributed by atoms with E-state index in [4.69, 9.17) is 0 Å². The molecular weight excluding hydrogens is 220 g/mol. The minimum Gasteiger partial charge on any atom is -0.372 e. The van der Waals surface area contributed by atoms with Gasteiger partial charge in [0, 0.05) is 24.8 Å². The van der Waals surface area contributed by atoms with Gasteiger partial charge in [-0.3, -0.25) is 0 Å². The molecule has 1 aromatic carbocycles. The molecule has 1 unspecified atom stereocenters. The van der Waals surface area contributed by atoms with Gasteiger partial charge in [-0.25, -0.2) is 0 Å². The van der Waals surface area contributed by atoms with Crippen LogP contribution in [0.5, 0.6) is 0 Å². The van der Waals surface area contributed by atoms with Crippen LogP contribution in [0.2, 0.25) is 0 Å². The SMILES string of the molecule is CCCNC1Cc2ccc(N3CCCC3)cc2C1. The molecule has 2 nitrogen and oxygen atoms in total. The standard InChI is InChI=1S/C16H24N2/c1-2-7-17-15-10-13-5-6-16(12-14(13)11-15)18-8-3-4-9-18/h5-6,12,15,17H,2-4,7-11H2,1H3. The molecule has 18 heavy (non-hydrogen) atoms. The Hall–Kier alpha value is -1.02. The lowest BCUT2D eigenvalue weighted by atomic mass is 10.1. The number of benzene rings is 1. The van der Waals surface area contributed by atoms with E-state index < -0.39 is 0 Å². The highest BCUT2D eigenvalue weighted by molar-refractivity contribution is 5.53. The summed E-state index contributed by atoms with van der Waals surface area (Å²) in [5.74, 6) is 0. The molecule has 0 saturated carbocycles. The number of nitrogens with zero attached hydrogens (tertiary/aromatic N) is 1. The minimum absolute atomic E-state index is 0.675. The van der Waals surface area contributed by atoms with Crippen LogP contribution in [0.25, 0.3) is 0 Å². The first-order chi connectivity index (χ1) is 8.86. The number of hydrogen-bond donors (Lipinski definition) is 1. The first-order valence-corrected chi connectivity index (χ1v) is 7.47. The average molecular weight is 244 g/mol. The lowest BCUT2D eigenvalue weighted by molar-refractivity contribution is 0.531. The summed E-state index contributed by atoms with van der Waals surface area (Å²) in [6, 6.07) is 7.80. The van der Waals surface area contributed by atoms with Crippen LogP contribution in [0.15, 0.2) is 18.2 Å². The van der Waals surface area contributed by atoms with Crippen molar-refractivity contribution in [3.63, 3.8) is 0 Å². The summed E-state index contributed by atoms with van der Waals surface area (Å²) in [6.07, 6.45) is 6.38. The summed E-state index contributed by atoms with van der Waals surface area (Å²) in [5, 5.41) is 3.65. The molecule has 1 saturated heterocycles. The van der Waals surface area contributed by atoms with Gasteiger partial charge in [-0.15, -0.1) is 0 Å². The zero-order valence-electron chi connectivity index (χ0n) is 11.4. The molecule has 3 rings (SSSR count). The maximum Gasteiger partial charge on any atom is 0.0369 e. The molecule has 0 amide bonds. The van der Waals surface area contributed by atoms with Gasteiger partial charge in [-0.1, -0.05) is 13.0 Å². The van der Waals surface area contributed by atoms with Crippen molar-refractivity contribution in [2.24, 2.45) is 0 Å². The van der Waals surface area contributed by atoms with Crippen LogP contribution in [-0.2, 0) is 12.8 Å². The Morgan fingerprint density at radius 1 is 1.17 bits per heavy atom. The molecule has 1 heterocycles. The largest absolute Gasteiger partial charge is 0.372 e. The Balaban J connectivity index is 1.70. The van der Waals surface area contributed by atoms with E-state index in [-0.39, 0.29) is 0 Å². The molecule has 0 spiro atoms. The summed E-state index contributed by atoms with van der Waals surface area (Å²) in [5.41, 5.74) is 4.59. The maximum atomic E-state index is 3.65. The van der Waals surface area contributed by atoms with Crippen molar-refractivity contribution in [3.8, 4) is 0 Å². The number of nitrogens with one attached hydrogen (secondary N) is 1. The van der Waals surface area contributed by atoms with E-state index in [0.717, 1.165) is 6.54 Å². The van der Waals surface area contributed by atoms with Crippen molar-refractivity contribution in [2.45, 2.75) is 45.1 Å². The molecule has 0 bridgehead atoms. The molecule has 1 aliphatic carbocycles. The summed E-state index contributed by atoms with van der Waals surface area (Å²) in [4.78, 5) is 2.53. The van der Waals surface area contributed by atoms with Crippen molar-refractivity contribution < 1.29 is 0 Å². The summed E-state index contributed by atoms with van der Waals surface area (Å²) in [7, 11) is 0. The lowest BCUT2D eigenvalue weighted by Gasteiger charge is -2.18. The number of anilines is 1. The molecule has 1 atom stereocenters. The Bertz CT molecular complexity index is 408. The van der Waals surface area contributed by atoms with Crippen molar-refractivity contribution in [1.82, 2.24) is 5.32 Å². The molecule has 1 N–H and O–H groups in total. The average Bonchev–Trinajstić information content (AvgIpc) is 3.03. The van der Waals surface area contributed by atoms with Crippen molar-refractivity contribution in [2.75, 3.05) is 24.5 Å². The van der Waals surface area contributed by atoms with E-state index in [2.05, 4.69) is 35.3 Å². The first-order valence-electron chi connectivity index (χ1n) is 7.47. The van der Waals surface area contributed by atoms with E-state index in [1.807, 2.05) is 0 Å². The van der Waals surface area contributed by atoms with E-state index in [0.29, 0.717) is 6.04 Å². The molecular formula is C16H24N2. The first kappa shape index (κ1) is 12.0. The number of hydrogen-bond acceptors (Lipinski definition) is 2. The topological polar surface area (TPSA) is 15.3 Å². The highest BCUT2D eigenvalue weighted by Gasteiger charge is 2.22. The van der Waals surface area contributed by atoms with Gasteiger partial charge in [-0.2, -0.15) is 0 Å². The second-order valence-electron chi connectivity index (χ2n) is 5.71. The van der Waals surface area contributed by atoms with Gasteiger partial charge in [0.1, 0.15) is 0 Å². The van der Waals surface area contributed by atoms with Crippen LogP contribution in [-0.4, -0.2) is 25.7 Å². The van der Waals surface area contributed by atoms with Gasteiger partial charge in [0.2, 0.25) is 0 Å². The van der Waals surface area contributed by atoms with Crippen LogP contribution < -0.4 is 10.2 Å². The molecule has 1 aromatic rings. The highest BCUT2D eigenvalue weighted by atomic mass is 15.1. The van der Waals surface area contributed by atoms with Crippen molar-refractivity contribution >= 4 is 5.69 Å². The monoisotopic (exact) mass is 244 g/mol. The molecule has 1 fully saturated rings. The third-order valence-electron chi connectivity index (χ3n) is 4.28. The van der Waals surface area contributed by atoms with Gasteiger partial charge in [-0.05, 0) is 61.9 Å². The molecule has 0 radical (unpaired) electrons. The fourth-order valence-electron chi connectivity index (χ4n) is 3.27. The fraction of sp³-hybridized carbons (Fsp3) is 0.625. The molecule has 2 aliphatic rings. The minimum atomic E-state index is 0.675. The van der Waals surface area contributed by atoms with E-state index in [1.165, 1.54) is 50.9 Å². The molecule has 98 valence electrons. The number of rotatable bonds is 4. The Kier molecular flexibility index (Phi) is 3.55. The van der Waals surface area contributed by atoms with Gasteiger partial charge < -0.3 is 10.2 Å². The predicted molar refractivity (Wildman–Crippen MR) is 77.4 cm³/mol. The van der Waals surface area contributed by atoms with Crippen molar-refractivity contribution in [1.29, 1.82) is 0 Å². The second kappa shape index (κ2) is 5.31. The third kappa shape index (κ3) is 2.39. The van der Waals surface area contributed by atoms with Crippen LogP contribution in [0, 0.1) is 0 Å².